The van der Waals surface area contributed by atoms with Gasteiger partial charge >= 0.3 is 0 Å². The Labute approximate surface area is 131 Å². The van der Waals surface area contributed by atoms with Crippen molar-refractivity contribution in [2.75, 3.05) is 13.7 Å². The summed E-state index contributed by atoms with van der Waals surface area (Å²) in [6.07, 6.45) is -0.865. The molecule has 3 aromatic rings. The van der Waals surface area contributed by atoms with Crippen molar-refractivity contribution in [3.8, 4) is 17.0 Å². The number of hydrogen-bond donors (Lipinski definition) is 2. The maximum atomic E-state index is 13.8. The number of pyridine rings is 1. The Bertz CT molecular complexity index is 819. The Kier molecular flexibility index (Phi) is 4.06. The third-order valence-corrected chi connectivity index (χ3v) is 4.45. The number of hydrogen-bond acceptors (Lipinski definition) is 5. The summed E-state index contributed by atoms with van der Waals surface area (Å²) in [6.45, 7) is 0.0681. The molecule has 4 nitrogen and oxygen atoms in total. The van der Waals surface area contributed by atoms with Crippen LogP contribution in [0.15, 0.2) is 35.7 Å². The van der Waals surface area contributed by atoms with E-state index in [1.807, 2.05) is 11.4 Å². The molecule has 1 aromatic carbocycles. The zero-order chi connectivity index (χ0) is 15.7. The molecule has 1 atom stereocenters. The zero-order valence-corrected chi connectivity index (χ0v) is 12.7. The highest BCUT2D eigenvalue weighted by molar-refractivity contribution is 7.17. The van der Waals surface area contributed by atoms with Gasteiger partial charge in [0.2, 0.25) is 0 Å². The lowest BCUT2D eigenvalue weighted by atomic mass is 10.1. The van der Waals surface area contributed by atoms with E-state index in [4.69, 9.17) is 10.5 Å². The van der Waals surface area contributed by atoms with Gasteiger partial charge in [-0.15, -0.1) is 11.3 Å². The standard InChI is InChI=1S/C16H15FN2O2S/c1-21-9-5-13(19-14(6-9)15(20)7-18)11-8-22-16-10(11)3-2-4-12(16)17/h2-6,8,15,20H,7,18H2,1H3. The van der Waals surface area contributed by atoms with Gasteiger partial charge in [0, 0.05) is 35.0 Å². The lowest BCUT2D eigenvalue weighted by molar-refractivity contribution is 0.181. The van der Waals surface area contributed by atoms with Crippen LogP contribution < -0.4 is 10.5 Å². The molecule has 0 bridgehead atoms. The molecule has 3 rings (SSSR count). The number of aromatic nitrogens is 1. The second kappa shape index (κ2) is 6.00. The van der Waals surface area contributed by atoms with E-state index in [1.54, 1.807) is 25.3 Å². The summed E-state index contributed by atoms with van der Waals surface area (Å²) in [5.74, 6) is 0.321. The number of fused-ring (bicyclic) bond motifs is 1. The van der Waals surface area contributed by atoms with E-state index >= 15 is 0 Å². The number of rotatable bonds is 4. The number of thiophene rings is 1. The smallest absolute Gasteiger partial charge is 0.141 e. The van der Waals surface area contributed by atoms with E-state index < -0.39 is 6.10 Å². The minimum absolute atomic E-state index is 0.0681. The van der Waals surface area contributed by atoms with Crippen LogP contribution in [0.3, 0.4) is 0 Å². The first kappa shape index (κ1) is 14.9. The Morgan fingerprint density at radius 2 is 2.23 bits per heavy atom. The quantitative estimate of drug-likeness (QED) is 0.775. The lowest BCUT2D eigenvalue weighted by Crippen LogP contribution is -2.13. The molecule has 2 heterocycles. The highest BCUT2D eigenvalue weighted by Crippen LogP contribution is 2.36. The van der Waals surface area contributed by atoms with Crippen LogP contribution in [0.5, 0.6) is 5.75 Å². The molecule has 2 aromatic heterocycles. The Hall–Kier alpha value is -2.02. The number of aliphatic hydroxyl groups is 1. The fraction of sp³-hybridized carbons (Fsp3) is 0.188. The molecule has 0 fully saturated rings. The largest absolute Gasteiger partial charge is 0.497 e. The summed E-state index contributed by atoms with van der Waals surface area (Å²) < 4.78 is 19.7. The van der Waals surface area contributed by atoms with Crippen molar-refractivity contribution in [2.24, 2.45) is 5.73 Å². The predicted octanol–water partition coefficient (Wildman–Crippen LogP) is 3.10. The molecule has 0 radical (unpaired) electrons. The van der Waals surface area contributed by atoms with Crippen LogP contribution in [0.1, 0.15) is 11.8 Å². The molecule has 0 aliphatic carbocycles. The van der Waals surface area contributed by atoms with Crippen LogP contribution in [0, 0.1) is 5.82 Å². The molecule has 22 heavy (non-hydrogen) atoms. The number of halogens is 1. The van der Waals surface area contributed by atoms with Crippen molar-refractivity contribution in [3.63, 3.8) is 0 Å². The summed E-state index contributed by atoms with van der Waals surface area (Å²) in [7, 11) is 1.54. The number of aliphatic hydroxyl groups excluding tert-OH is 1. The second-order valence-corrected chi connectivity index (χ2v) is 5.71. The lowest BCUT2D eigenvalue weighted by Gasteiger charge is -2.11. The molecular formula is C16H15FN2O2S. The van der Waals surface area contributed by atoms with E-state index in [1.165, 1.54) is 17.4 Å². The number of nitrogens with zero attached hydrogens (tertiary/aromatic N) is 1. The van der Waals surface area contributed by atoms with E-state index in [2.05, 4.69) is 4.98 Å². The predicted molar refractivity (Wildman–Crippen MR) is 85.6 cm³/mol. The first-order chi connectivity index (χ1) is 10.6. The van der Waals surface area contributed by atoms with E-state index in [-0.39, 0.29) is 12.4 Å². The molecule has 6 heteroatoms. The summed E-state index contributed by atoms with van der Waals surface area (Å²) in [4.78, 5) is 4.45. The zero-order valence-electron chi connectivity index (χ0n) is 11.9. The van der Waals surface area contributed by atoms with Crippen LogP contribution in [0.4, 0.5) is 4.39 Å². The topological polar surface area (TPSA) is 68.4 Å². The van der Waals surface area contributed by atoms with Gasteiger partial charge in [0.15, 0.2) is 0 Å². The Balaban J connectivity index is 2.19. The monoisotopic (exact) mass is 318 g/mol. The van der Waals surface area contributed by atoms with Gasteiger partial charge in [-0.05, 0) is 6.07 Å². The molecule has 0 saturated carbocycles. The van der Waals surface area contributed by atoms with Crippen molar-refractivity contribution >= 4 is 21.4 Å². The molecule has 0 aliphatic rings. The Morgan fingerprint density at radius 3 is 2.95 bits per heavy atom. The minimum atomic E-state index is -0.865. The summed E-state index contributed by atoms with van der Waals surface area (Å²) in [5.41, 5.74) is 7.37. The molecular weight excluding hydrogens is 303 g/mol. The normalized spacial score (nSPS) is 12.5. The third kappa shape index (κ3) is 2.56. The van der Waals surface area contributed by atoms with Crippen LogP contribution in [0.2, 0.25) is 0 Å². The number of ether oxygens (including phenoxy) is 1. The van der Waals surface area contributed by atoms with Gasteiger partial charge in [-0.1, -0.05) is 12.1 Å². The van der Waals surface area contributed by atoms with Gasteiger partial charge in [0.05, 0.1) is 23.2 Å². The maximum Gasteiger partial charge on any atom is 0.141 e. The maximum absolute atomic E-state index is 13.8. The van der Waals surface area contributed by atoms with Crippen LogP contribution >= 0.6 is 11.3 Å². The average molecular weight is 318 g/mol. The minimum Gasteiger partial charge on any atom is -0.497 e. The Morgan fingerprint density at radius 1 is 1.41 bits per heavy atom. The van der Waals surface area contributed by atoms with Crippen molar-refractivity contribution in [1.82, 2.24) is 4.98 Å². The third-order valence-electron chi connectivity index (χ3n) is 3.45. The first-order valence-corrected chi connectivity index (χ1v) is 7.62. The highest BCUT2D eigenvalue weighted by atomic mass is 32.1. The SMILES string of the molecule is COc1cc(-c2csc3c(F)cccc23)nc(C(O)CN)c1. The van der Waals surface area contributed by atoms with Crippen molar-refractivity contribution < 1.29 is 14.2 Å². The number of methoxy groups -OCH3 is 1. The van der Waals surface area contributed by atoms with Crippen LogP contribution in [-0.4, -0.2) is 23.7 Å². The van der Waals surface area contributed by atoms with Crippen molar-refractivity contribution in [1.29, 1.82) is 0 Å². The second-order valence-electron chi connectivity index (χ2n) is 4.83. The number of nitrogens with two attached hydrogens (primary N) is 1. The number of benzene rings is 1. The van der Waals surface area contributed by atoms with Crippen LogP contribution in [-0.2, 0) is 0 Å². The summed E-state index contributed by atoms with van der Waals surface area (Å²) in [5, 5.41) is 12.6. The molecule has 0 aliphatic heterocycles. The fourth-order valence-electron chi connectivity index (χ4n) is 2.29. The molecule has 0 spiro atoms. The van der Waals surface area contributed by atoms with Crippen LogP contribution in [0.25, 0.3) is 21.3 Å². The summed E-state index contributed by atoms with van der Waals surface area (Å²) >= 11 is 1.33. The van der Waals surface area contributed by atoms with E-state index in [0.29, 0.717) is 21.8 Å². The molecule has 114 valence electrons. The molecule has 1 unspecified atom stereocenters. The molecule has 3 N–H and O–H groups in total. The first-order valence-electron chi connectivity index (χ1n) is 6.74. The highest BCUT2D eigenvalue weighted by Gasteiger charge is 2.15. The van der Waals surface area contributed by atoms with Gasteiger partial charge in [0.1, 0.15) is 17.7 Å². The van der Waals surface area contributed by atoms with Gasteiger partial charge in [-0.25, -0.2) is 9.37 Å². The van der Waals surface area contributed by atoms with E-state index in [9.17, 15) is 9.50 Å². The van der Waals surface area contributed by atoms with Gasteiger partial charge < -0.3 is 15.6 Å². The van der Waals surface area contributed by atoms with E-state index in [0.717, 1.165) is 10.9 Å². The van der Waals surface area contributed by atoms with Gasteiger partial charge in [-0.2, -0.15) is 0 Å². The molecule has 0 amide bonds. The van der Waals surface area contributed by atoms with Gasteiger partial charge in [0.25, 0.3) is 0 Å². The molecule has 0 saturated heterocycles. The average Bonchev–Trinajstić information content (AvgIpc) is 2.99. The van der Waals surface area contributed by atoms with Crippen molar-refractivity contribution in [3.05, 3.63) is 47.2 Å². The fourth-order valence-corrected chi connectivity index (χ4v) is 3.26. The van der Waals surface area contributed by atoms with Gasteiger partial charge in [-0.3, -0.25) is 0 Å². The summed E-state index contributed by atoms with van der Waals surface area (Å²) in [6, 6.07) is 8.37. The van der Waals surface area contributed by atoms with Crippen molar-refractivity contribution in [2.45, 2.75) is 6.10 Å².